The minimum absolute atomic E-state index is 0.218. The van der Waals surface area contributed by atoms with E-state index in [1.165, 1.54) is 38.5 Å². The molecule has 0 aromatic heterocycles. The molecule has 21 heavy (non-hydrogen) atoms. The van der Waals surface area contributed by atoms with Gasteiger partial charge in [-0.3, -0.25) is 0 Å². The third kappa shape index (κ3) is 3.73. The van der Waals surface area contributed by atoms with Crippen LogP contribution in [0.5, 0.6) is 0 Å². The molecule has 2 rings (SSSR count). The third-order valence-corrected chi connectivity index (χ3v) is 6.20. The number of hydrogen-bond donors (Lipinski definition) is 0. The molecular formula is C18H34N2O. The van der Waals surface area contributed by atoms with Crippen molar-refractivity contribution < 1.29 is 4.79 Å². The molecule has 1 aliphatic carbocycles. The zero-order valence-corrected chi connectivity index (χ0v) is 14.7. The van der Waals surface area contributed by atoms with Crippen LogP contribution in [-0.2, 0) is 0 Å². The lowest BCUT2D eigenvalue weighted by Crippen LogP contribution is -2.50. The number of carbonyl (C=O) groups excluding carboxylic acids is 1. The molecule has 0 radical (unpaired) electrons. The monoisotopic (exact) mass is 294 g/mol. The molecule has 0 bridgehead atoms. The quantitative estimate of drug-likeness (QED) is 0.741. The van der Waals surface area contributed by atoms with Crippen molar-refractivity contribution in [1.82, 2.24) is 9.80 Å². The van der Waals surface area contributed by atoms with Gasteiger partial charge in [0.2, 0.25) is 0 Å². The summed E-state index contributed by atoms with van der Waals surface area (Å²) >= 11 is 0. The summed E-state index contributed by atoms with van der Waals surface area (Å²) in [7, 11) is 1.92. The van der Waals surface area contributed by atoms with Gasteiger partial charge in [0.15, 0.2) is 0 Å². The summed E-state index contributed by atoms with van der Waals surface area (Å²) < 4.78 is 0. The van der Waals surface area contributed by atoms with E-state index in [1.54, 1.807) is 0 Å². The first-order valence-electron chi connectivity index (χ1n) is 8.86. The highest BCUT2D eigenvalue weighted by molar-refractivity contribution is 5.74. The molecule has 1 spiro atoms. The summed E-state index contributed by atoms with van der Waals surface area (Å²) in [6.07, 6.45) is 8.01. The zero-order chi connectivity index (χ0) is 15.6. The predicted octanol–water partition coefficient (Wildman–Crippen LogP) is 4.38. The minimum atomic E-state index is 0.218. The van der Waals surface area contributed by atoms with Gasteiger partial charge in [-0.2, -0.15) is 0 Å². The van der Waals surface area contributed by atoms with E-state index in [0.717, 1.165) is 24.9 Å². The van der Waals surface area contributed by atoms with Crippen LogP contribution in [0.4, 0.5) is 4.79 Å². The van der Waals surface area contributed by atoms with Crippen molar-refractivity contribution in [2.45, 2.75) is 72.3 Å². The number of piperidine rings is 1. The fourth-order valence-electron chi connectivity index (χ4n) is 4.04. The maximum absolute atomic E-state index is 12.4. The number of carbonyl (C=O) groups is 1. The van der Waals surface area contributed by atoms with Crippen molar-refractivity contribution in [3.05, 3.63) is 0 Å². The highest BCUT2D eigenvalue weighted by Crippen LogP contribution is 2.47. The van der Waals surface area contributed by atoms with Gasteiger partial charge in [0.05, 0.1) is 0 Å². The van der Waals surface area contributed by atoms with Gasteiger partial charge in [0.1, 0.15) is 0 Å². The number of likely N-dealkylation sites (tertiary alicyclic amines) is 1. The van der Waals surface area contributed by atoms with E-state index in [1.807, 2.05) is 11.9 Å². The number of amides is 2. The molecule has 2 amide bonds. The minimum Gasteiger partial charge on any atom is -0.325 e. The van der Waals surface area contributed by atoms with Gasteiger partial charge in [0, 0.05) is 26.2 Å². The lowest BCUT2D eigenvalue weighted by Gasteiger charge is -2.47. The number of urea groups is 1. The molecule has 1 heterocycles. The van der Waals surface area contributed by atoms with Crippen molar-refractivity contribution in [2.75, 3.05) is 20.1 Å². The second-order valence-corrected chi connectivity index (χ2v) is 8.06. The average molecular weight is 294 g/mol. The lowest BCUT2D eigenvalue weighted by atomic mass is 9.64. The van der Waals surface area contributed by atoms with Gasteiger partial charge < -0.3 is 9.80 Å². The summed E-state index contributed by atoms with van der Waals surface area (Å²) in [4.78, 5) is 16.3. The van der Waals surface area contributed by atoms with Crippen LogP contribution in [0.3, 0.4) is 0 Å². The Balaban J connectivity index is 1.85. The third-order valence-electron chi connectivity index (χ3n) is 6.20. The van der Waals surface area contributed by atoms with Crippen LogP contribution in [0.2, 0.25) is 0 Å². The Bertz CT molecular complexity index is 346. The average Bonchev–Trinajstić information content (AvgIpc) is 2.47. The van der Waals surface area contributed by atoms with Gasteiger partial charge in [-0.1, -0.05) is 13.8 Å². The molecule has 3 nitrogen and oxygen atoms in total. The van der Waals surface area contributed by atoms with E-state index in [9.17, 15) is 4.79 Å². The molecule has 3 heteroatoms. The number of nitrogens with zero attached hydrogens (tertiary/aromatic N) is 2. The van der Waals surface area contributed by atoms with Gasteiger partial charge >= 0.3 is 6.03 Å². The number of rotatable bonds is 2. The molecule has 1 aliphatic heterocycles. The van der Waals surface area contributed by atoms with Crippen LogP contribution >= 0.6 is 0 Å². The van der Waals surface area contributed by atoms with Crippen LogP contribution in [0.15, 0.2) is 0 Å². The fourth-order valence-corrected chi connectivity index (χ4v) is 4.04. The molecule has 0 N–H and O–H groups in total. The normalized spacial score (nSPS) is 23.1. The van der Waals surface area contributed by atoms with Crippen LogP contribution in [0, 0.1) is 17.3 Å². The van der Waals surface area contributed by atoms with Crippen molar-refractivity contribution in [2.24, 2.45) is 17.3 Å². The van der Waals surface area contributed by atoms with E-state index in [4.69, 9.17) is 0 Å². The summed E-state index contributed by atoms with van der Waals surface area (Å²) in [5.41, 5.74) is 0.554. The van der Waals surface area contributed by atoms with E-state index < -0.39 is 0 Å². The topological polar surface area (TPSA) is 23.6 Å². The Morgan fingerprint density at radius 2 is 1.57 bits per heavy atom. The lowest BCUT2D eigenvalue weighted by molar-refractivity contribution is 0.0478. The predicted molar refractivity (Wildman–Crippen MR) is 88.3 cm³/mol. The summed E-state index contributed by atoms with van der Waals surface area (Å²) in [6.45, 7) is 10.8. The van der Waals surface area contributed by atoms with Gasteiger partial charge in [-0.05, 0) is 69.6 Å². The largest absolute Gasteiger partial charge is 0.325 e. The maximum Gasteiger partial charge on any atom is 0.319 e. The van der Waals surface area contributed by atoms with Crippen molar-refractivity contribution in [3.63, 3.8) is 0 Å². The second kappa shape index (κ2) is 6.58. The Morgan fingerprint density at radius 1 is 1.05 bits per heavy atom. The van der Waals surface area contributed by atoms with Gasteiger partial charge in [-0.25, -0.2) is 4.79 Å². The highest BCUT2D eigenvalue weighted by Gasteiger charge is 2.39. The van der Waals surface area contributed by atoms with Crippen LogP contribution in [0.1, 0.15) is 66.2 Å². The first kappa shape index (κ1) is 16.6. The molecule has 0 atom stereocenters. The van der Waals surface area contributed by atoms with Crippen LogP contribution < -0.4 is 0 Å². The molecule has 0 aromatic rings. The molecule has 0 unspecified atom stereocenters. The first-order valence-corrected chi connectivity index (χ1v) is 8.86. The van der Waals surface area contributed by atoms with E-state index >= 15 is 0 Å². The maximum atomic E-state index is 12.4. The molecular weight excluding hydrogens is 260 g/mol. The first-order chi connectivity index (χ1) is 9.84. The summed E-state index contributed by atoms with van der Waals surface area (Å²) in [5.74, 6) is 1.77. The summed E-state index contributed by atoms with van der Waals surface area (Å²) in [6, 6.07) is 0.505. The summed E-state index contributed by atoms with van der Waals surface area (Å²) in [5, 5.41) is 0. The van der Waals surface area contributed by atoms with E-state index in [2.05, 4.69) is 32.6 Å². The highest BCUT2D eigenvalue weighted by atomic mass is 16.2. The van der Waals surface area contributed by atoms with Crippen LogP contribution in [0.25, 0.3) is 0 Å². The zero-order valence-electron chi connectivity index (χ0n) is 14.7. The molecule has 2 aliphatic rings. The SMILES string of the molecule is CC(C)C1CCC2(CC1)CCN(C(=O)N(C)C(C)C)CC2. The molecule has 2 fully saturated rings. The Kier molecular flexibility index (Phi) is 5.21. The van der Waals surface area contributed by atoms with Crippen molar-refractivity contribution >= 4 is 6.03 Å². The molecule has 1 saturated heterocycles. The van der Waals surface area contributed by atoms with Crippen molar-refractivity contribution in [1.29, 1.82) is 0 Å². The van der Waals surface area contributed by atoms with Gasteiger partial charge in [0.25, 0.3) is 0 Å². The standard InChI is InChI=1S/C18H34N2O/c1-14(2)16-6-8-18(9-7-16)10-12-20(13-11-18)17(21)19(5)15(3)4/h14-16H,6-13H2,1-5H3. The number of hydrogen-bond acceptors (Lipinski definition) is 1. The Labute approximate surface area is 131 Å². The molecule has 1 saturated carbocycles. The van der Waals surface area contributed by atoms with E-state index in [0.29, 0.717) is 5.41 Å². The molecule has 122 valence electrons. The molecule has 0 aromatic carbocycles. The van der Waals surface area contributed by atoms with Crippen molar-refractivity contribution in [3.8, 4) is 0 Å². The Hall–Kier alpha value is -0.730. The van der Waals surface area contributed by atoms with Crippen LogP contribution in [-0.4, -0.2) is 42.0 Å². The van der Waals surface area contributed by atoms with E-state index in [-0.39, 0.29) is 12.1 Å². The smallest absolute Gasteiger partial charge is 0.319 e. The van der Waals surface area contributed by atoms with Gasteiger partial charge in [-0.15, -0.1) is 0 Å². The second-order valence-electron chi connectivity index (χ2n) is 8.06. The Morgan fingerprint density at radius 3 is 2.00 bits per heavy atom. The fraction of sp³-hybridized carbons (Fsp3) is 0.944.